The van der Waals surface area contributed by atoms with Crippen LogP contribution in [-0.2, 0) is 4.79 Å². The highest BCUT2D eigenvalue weighted by Gasteiger charge is 2.23. The molecule has 4 aromatic rings. The SMILES string of the molecule is COc1ccc(NC(=O)C(C)n2c(C)c3cnn(-c4ccccc4)c(=O)c3c2C)cc1. The lowest BCUT2D eigenvalue weighted by Crippen LogP contribution is -2.25. The van der Waals surface area contributed by atoms with Crippen molar-refractivity contribution in [3.05, 3.63) is 82.5 Å². The van der Waals surface area contributed by atoms with Crippen LogP contribution < -0.4 is 15.6 Å². The van der Waals surface area contributed by atoms with Gasteiger partial charge in [-0.15, -0.1) is 0 Å². The van der Waals surface area contributed by atoms with Crippen LogP contribution in [0.2, 0.25) is 0 Å². The number of nitrogens with zero attached hydrogens (tertiary/aromatic N) is 3. The van der Waals surface area contributed by atoms with Crippen LogP contribution in [0, 0.1) is 13.8 Å². The highest BCUT2D eigenvalue weighted by molar-refractivity contribution is 5.95. The molecule has 2 heterocycles. The minimum absolute atomic E-state index is 0.173. The molecule has 1 unspecified atom stereocenters. The van der Waals surface area contributed by atoms with Gasteiger partial charge in [-0.1, -0.05) is 18.2 Å². The van der Waals surface area contributed by atoms with Crippen LogP contribution in [0.4, 0.5) is 5.69 Å². The van der Waals surface area contributed by atoms with E-state index in [0.717, 1.165) is 22.5 Å². The lowest BCUT2D eigenvalue weighted by molar-refractivity contribution is -0.118. The first-order chi connectivity index (χ1) is 14.9. The minimum Gasteiger partial charge on any atom is -0.497 e. The quantitative estimate of drug-likeness (QED) is 0.533. The first kappa shape index (κ1) is 20.4. The molecule has 158 valence electrons. The molecule has 0 aliphatic carbocycles. The summed E-state index contributed by atoms with van der Waals surface area (Å²) in [5, 5.41) is 8.61. The average Bonchev–Trinajstić information content (AvgIpc) is 3.05. The third-order valence-corrected chi connectivity index (χ3v) is 5.58. The van der Waals surface area contributed by atoms with Crippen molar-refractivity contribution in [3.8, 4) is 11.4 Å². The summed E-state index contributed by atoms with van der Waals surface area (Å²) in [4.78, 5) is 26.2. The van der Waals surface area contributed by atoms with Gasteiger partial charge in [0.05, 0.1) is 24.4 Å². The fourth-order valence-corrected chi connectivity index (χ4v) is 3.95. The minimum atomic E-state index is -0.515. The highest BCUT2D eigenvalue weighted by atomic mass is 16.5. The van der Waals surface area contributed by atoms with Gasteiger partial charge in [0, 0.05) is 22.5 Å². The number of methoxy groups -OCH3 is 1. The zero-order valence-corrected chi connectivity index (χ0v) is 17.9. The second-order valence-electron chi connectivity index (χ2n) is 7.42. The molecule has 0 fully saturated rings. The normalized spacial score (nSPS) is 12.0. The number of carbonyl (C=O) groups is 1. The Morgan fingerprint density at radius 1 is 1.03 bits per heavy atom. The van der Waals surface area contributed by atoms with Gasteiger partial charge in [0.2, 0.25) is 5.91 Å². The Bertz CT molecular complexity index is 1300. The van der Waals surface area contributed by atoms with Gasteiger partial charge in [0.25, 0.3) is 5.56 Å². The largest absolute Gasteiger partial charge is 0.497 e. The standard InChI is InChI=1S/C24H24N4O3/c1-15-21-14-25-28(19-8-6-5-7-9-19)24(30)22(21)16(2)27(15)17(3)23(29)26-18-10-12-20(31-4)13-11-18/h5-14,17H,1-4H3,(H,26,29). The number of carbonyl (C=O) groups excluding carboxylic acids is 1. The molecule has 7 heteroatoms. The molecular formula is C24H24N4O3. The zero-order chi connectivity index (χ0) is 22.1. The van der Waals surface area contributed by atoms with Crippen molar-refractivity contribution in [2.45, 2.75) is 26.8 Å². The van der Waals surface area contributed by atoms with Crippen LogP contribution in [-0.4, -0.2) is 27.4 Å². The van der Waals surface area contributed by atoms with Gasteiger partial charge in [-0.05, 0) is 57.2 Å². The summed E-state index contributed by atoms with van der Waals surface area (Å²) in [5.74, 6) is 0.546. The van der Waals surface area contributed by atoms with Gasteiger partial charge >= 0.3 is 0 Å². The van der Waals surface area contributed by atoms with E-state index in [-0.39, 0.29) is 11.5 Å². The molecule has 1 amide bonds. The third-order valence-electron chi connectivity index (χ3n) is 5.58. The number of benzene rings is 2. The summed E-state index contributed by atoms with van der Waals surface area (Å²) in [5.41, 5.74) is 2.74. The fraction of sp³-hybridized carbons (Fsp3) is 0.208. The van der Waals surface area contributed by atoms with E-state index >= 15 is 0 Å². The van der Waals surface area contributed by atoms with Crippen molar-refractivity contribution in [3.63, 3.8) is 0 Å². The number of rotatable bonds is 5. The zero-order valence-electron chi connectivity index (χ0n) is 17.9. The maximum Gasteiger partial charge on any atom is 0.281 e. The van der Waals surface area contributed by atoms with E-state index in [1.165, 1.54) is 4.68 Å². The van der Waals surface area contributed by atoms with Crippen molar-refractivity contribution < 1.29 is 9.53 Å². The smallest absolute Gasteiger partial charge is 0.281 e. The molecule has 1 atom stereocenters. The number of hydrogen-bond acceptors (Lipinski definition) is 4. The maximum atomic E-state index is 13.2. The molecule has 0 saturated carbocycles. The number of hydrogen-bond donors (Lipinski definition) is 1. The first-order valence-corrected chi connectivity index (χ1v) is 10.0. The maximum absolute atomic E-state index is 13.2. The van der Waals surface area contributed by atoms with Crippen LogP contribution in [0.15, 0.2) is 65.6 Å². The van der Waals surface area contributed by atoms with Gasteiger partial charge in [0.1, 0.15) is 11.8 Å². The fourth-order valence-electron chi connectivity index (χ4n) is 3.95. The molecular weight excluding hydrogens is 392 g/mol. The predicted molar refractivity (Wildman–Crippen MR) is 121 cm³/mol. The summed E-state index contributed by atoms with van der Waals surface area (Å²) >= 11 is 0. The topological polar surface area (TPSA) is 78.2 Å². The number of ether oxygens (including phenoxy) is 1. The van der Waals surface area contributed by atoms with Crippen LogP contribution in [0.25, 0.3) is 16.5 Å². The summed E-state index contributed by atoms with van der Waals surface area (Å²) < 4.78 is 8.44. The van der Waals surface area contributed by atoms with E-state index in [1.807, 2.05) is 55.7 Å². The van der Waals surface area contributed by atoms with Crippen molar-refractivity contribution >= 4 is 22.4 Å². The number of anilines is 1. The molecule has 2 aromatic heterocycles. The summed E-state index contributed by atoms with van der Waals surface area (Å²) in [6, 6.07) is 15.9. The van der Waals surface area contributed by atoms with E-state index in [9.17, 15) is 9.59 Å². The number of aryl methyl sites for hydroxylation is 2. The number of fused-ring (bicyclic) bond motifs is 1. The third kappa shape index (κ3) is 3.59. The van der Waals surface area contributed by atoms with Gasteiger partial charge < -0.3 is 14.6 Å². The molecule has 0 spiro atoms. The summed E-state index contributed by atoms with van der Waals surface area (Å²) in [7, 11) is 1.60. The summed E-state index contributed by atoms with van der Waals surface area (Å²) in [6.07, 6.45) is 1.69. The predicted octanol–water partition coefficient (Wildman–Crippen LogP) is 4.01. The first-order valence-electron chi connectivity index (χ1n) is 10.0. The Kier molecular flexibility index (Phi) is 5.33. The van der Waals surface area contributed by atoms with E-state index in [0.29, 0.717) is 16.8 Å². The Labute approximate surface area is 179 Å². The molecule has 31 heavy (non-hydrogen) atoms. The van der Waals surface area contributed by atoms with E-state index in [2.05, 4.69) is 10.4 Å². The second-order valence-corrected chi connectivity index (χ2v) is 7.42. The Hall–Kier alpha value is -3.87. The van der Waals surface area contributed by atoms with Crippen LogP contribution >= 0.6 is 0 Å². The van der Waals surface area contributed by atoms with Gasteiger partial charge in [-0.2, -0.15) is 9.78 Å². The monoisotopic (exact) mass is 416 g/mol. The lowest BCUT2D eigenvalue weighted by atomic mass is 10.2. The van der Waals surface area contributed by atoms with Gasteiger partial charge in [0.15, 0.2) is 0 Å². The van der Waals surface area contributed by atoms with Crippen LogP contribution in [0.5, 0.6) is 5.75 Å². The Morgan fingerprint density at radius 2 is 1.71 bits per heavy atom. The molecule has 0 radical (unpaired) electrons. The lowest BCUT2D eigenvalue weighted by Gasteiger charge is -2.18. The number of nitrogens with one attached hydrogen (secondary N) is 1. The van der Waals surface area contributed by atoms with Crippen molar-refractivity contribution in [2.75, 3.05) is 12.4 Å². The molecule has 4 rings (SSSR count). The Morgan fingerprint density at radius 3 is 2.35 bits per heavy atom. The highest BCUT2D eigenvalue weighted by Crippen LogP contribution is 2.27. The van der Waals surface area contributed by atoms with Crippen LogP contribution in [0.1, 0.15) is 24.4 Å². The average molecular weight is 416 g/mol. The van der Waals surface area contributed by atoms with E-state index in [4.69, 9.17) is 4.74 Å². The van der Waals surface area contributed by atoms with Crippen molar-refractivity contribution in [1.29, 1.82) is 0 Å². The molecule has 0 aliphatic heterocycles. The van der Waals surface area contributed by atoms with Crippen LogP contribution in [0.3, 0.4) is 0 Å². The molecule has 0 aliphatic rings. The van der Waals surface area contributed by atoms with E-state index < -0.39 is 6.04 Å². The second kappa shape index (κ2) is 8.10. The van der Waals surface area contributed by atoms with Crippen molar-refractivity contribution in [1.82, 2.24) is 14.3 Å². The molecule has 2 aromatic carbocycles. The molecule has 0 saturated heterocycles. The van der Waals surface area contributed by atoms with Gasteiger partial charge in [-0.3, -0.25) is 9.59 Å². The molecule has 1 N–H and O–H groups in total. The number of para-hydroxylation sites is 1. The van der Waals surface area contributed by atoms with Gasteiger partial charge in [-0.25, -0.2) is 0 Å². The summed E-state index contributed by atoms with van der Waals surface area (Å²) in [6.45, 7) is 5.59. The molecule has 0 bridgehead atoms. The van der Waals surface area contributed by atoms with E-state index in [1.54, 1.807) is 37.6 Å². The number of amides is 1. The number of aromatic nitrogens is 3. The van der Waals surface area contributed by atoms with Crippen molar-refractivity contribution in [2.24, 2.45) is 0 Å². The molecule has 7 nitrogen and oxygen atoms in total. The Balaban J connectivity index is 1.72.